The van der Waals surface area contributed by atoms with Gasteiger partial charge in [0, 0.05) is 18.4 Å². The summed E-state index contributed by atoms with van der Waals surface area (Å²) < 4.78 is 17.8. The molecule has 3 unspecified atom stereocenters. The van der Waals surface area contributed by atoms with Gasteiger partial charge in [0.2, 0.25) is 0 Å². The molecule has 2 aliphatic heterocycles. The van der Waals surface area contributed by atoms with Crippen molar-refractivity contribution in [1.82, 2.24) is 0 Å². The number of aliphatic hydroxyl groups is 2. The number of benzene rings is 2. The van der Waals surface area contributed by atoms with Crippen LogP contribution in [0.5, 0.6) is 11.5 Å². The number of fused-ring (bicyclic) bond motifs is 1. The maximum absolute atomic E-state index is 10.3. The second-order valence-corrected chi connectivity index (χ2v) is 8.32. The Kier molecular flexibility index (Phi) is 6.61. The van der Waals surface area contributed by atoms with Crippen molar-refractivity contribution < 1.29 is 24.4 Å². The summed E-state index contributed by atoms with van der Waals surface area (Å²) in [5, 5.41) is 19.9. The van der Waals surface area contributed by atoms with Crippen LogP contribution < -0.4 is 9.47 Å². The molecule has 5 heteroatoms. The summed E-state index contributed by atoms with van der Waals surface area (Å²) in [7, 11) is 0. The number of rotatable bonds is 6. The van der Waals surface area contributed by atoms with E-state index in [1.54, 1.807) is 0 Å². The Morgan fingerprint density at radius 2 is 1.97 bits per heavy atom. The van der Waals surface area contributed by atoms with E-state index in [-0.39, 0.29) is 18.8 Å². The van der Waals surface area contributed by atoms with Crippen LogP contribution in [0.4, 0.5) is 0 Å². The monoisotopic (exact) mass is 412 g/mol. The van der Waals surface area contributed by atoms with Crippen LogP contribution in [0.3, 0.4) is 0 Å². The lowest BCUT2D eigenvalue weighted by molar-refractivity contribution is -0.114. The molecule has 2 N–H and O–H groups in total. The predicted octanol–water partition coefficient (Wildman–Crippen LogP) is 3.88. The Morgan fingerprint density at radius 3 is 2.70 bits per heavy atom. The third kappa shape index (κ3) is 4.48. The van der Waals surface area contributed by atoms with Crippen molar-refractivity contribution in [3.8, 4) is 11.5 Å². The molecule has 0 radical (unpaired) electrons. The summed E-state index contributed by atoms with van der Waals surface area (Å²) in [4.78, 5) is 0. The zero-order valence-corrected chi connectivity index (χ0v) is 17.9. The molecule has 30 heavy (non-hydrogen) atoms. The van der Waals surface area contributed by atoms with Crippen LogP contribution in [0.25, 0.3) is 0 Å². The minimum Gasteiger partial charge on any atom is -0.494 e. The van der Waals surface area contributed by atoms with Crippen molar-refractivity contribution in [2.24, 2.45) is 0 Å². The summed E-state index contributed by atoms with van der Waals surface area (Å²) in [5.41, 5.74) is 5.90. The van der Waals surface area contributed by atoms with E-state index < -0.39 is 6.10 Å². The zero-order valence-electron chi connectivity index (χ0n) is 17.9. The Morgan fingerprint density at radius 1 is 1.17 bits per heavy atom. The lowest BCUT2D eigenvalue weighted by Crippen LogP contribution is -2.34. The van der Waals surface area contributed by atoms with Gasteiger partial charge in [0.05, 0.1) is 38.1 Å². The molecule has 2 aromatic carbocycles. The third-order valence-corrected chi connectivity index (χ3v) is 6.15. The van der Waals surface area contributed by atoms with Crippen LogP contribution in [0.2, 0.25) is 0 Å². The summed E-state index contributed by atoms with van der Waals surface area (Å²) in [6.45, 7) is 5.43. The summed E-state index contributed by atoms with van der Waals surface area (Å²) in [5.74, 6) is 1.86. The summed E-state index contributed by atoms with van der Waals surface area (Å²) >= 11 is 0. The Labute approximate surface area is 178 Å². The van der Waals surface area contributed by atoms with Crippen LogP contribution in [-0.2, 0) is 17.6 Å². The van der Waals surface area contributed by atoms with E-state index in [0.29, 0.717) is 19.4 Å². The van der Waals surface area contributed by atoms with Gasteiger partial charge in [-0.2, -0.15) is 0 Å². The minimum absolute atomic E-state index is 0.0723. The van der Waals surface area contributed by atoms with Crippen molar-refractivity contribution in [2.45, 2.75) is 64.3 Å². The molecule has 1 saturated heterocycles. The van der Waals surface area contributed by atoms with Gasteiger partial charge < -0.3 is 24.4 Å². The van der Waals surface area contributed by atoms with E-state index in [1.807, 2.05) is 19.1 Å². The Balaban J connectivity index is 1.68. The van der Waals surface area contributed by atoms with Crippen molar-refractivity contribution in [2.75, 3.05) is 19.8 Å². The molecule has 0 bridgehead atoms. The first-order chi connectivity index (χ1) is 14.6. The van der Waals surface area contributed by atoms with Gasteiger partial charge in [-0.1, -0.05) is 18.2 Å². The zero-order chi connectivity index (χ0) is 21.1. The van der Waals surface area contributed by atoms with E-state index >= 15 is 0 Å². The van der Waals surface area contributed by atoms with Gasteiger partial charge in [-0.25, -0.2) is 0 Å². The second-order valence-electron chi connectivity index (χ2n) is 8.32. The molecule has 5 nitrogen and oxygen atoms in total. The molecule has 0 aromatic heterocycles. The molecule has 2 aromatic rings. The molecule has 0 saturated carbocycles. The highest BCUT2D eigenvalue weighted by Crippen LogP contribution is 2.41. The summed E-state index contributed by atoms with van der Waals surface area (Å²) in [6.07, 6.45) is 2.75. The molecule has 4 rings (SSSR count). The maximum Gasteiger partial charge on any atom is 0.126 e. The topological polar surface area (TPSA) is 68.2 Å². The average molecular weight is 413 g/mol. The van der Waals surface area contributed by atoms with Crippen molar-refractivity contribution in [3.63, 3.8) is 0 Å². The Bertz CT molecular complexity index is 861. The molecule has 1 fully saturated rings. The quantitative estimate of drug-likeness (QED) is 0.754. The van der Waals surface area contributed by atoms with E-state index in [1.165, 1.54) is 22.3 Å². The van der Waals surface area contributed by atoms with E-state index in [4.69, 9.17) is 14.2 Å². The first kappa shape index (κ1) is 21.2. The normalized spacial score (nSPS) is 23.5. The lowest BCUT2D eigenvalue weighted by Gasteiger charge is -2.35. The number of ether oxygens (including phenoxy) is 3. The fraction of sp³-hybridized carbons (Fsp3) is 0.520. The van der Waals surface area contributed by atoms with Gasteiger partial charge in [-0.05, 0) is 67.5 Å². The van der Waals surface area contributed by atoms with Gasteiger partial charge in [0.15, 0.2) is 0 Å². The van der Waals surface area contributed by atoms with Gasteiger partial charge in [-0.3, -0.25) is 0 Å². The van der Waals surface area contributed by atoms with Crippen LogP contribution in [0.1, 0.15) is 60.1 Å². The average Bonchev–Trinajstić information content (AvgIpc) is 2.76. The van der Waals surface area contributed by atoms with Crippen molar-refractivity contribution in [3.05, 3.63) is 58.1 Å². The maximum atomic E-state index is 10.3. The third-order valence-electron chi connectivity index (χ3n) is 6.15. The fourth-order valence-electron chi connectivity index (χ4n) is 4.63. The van der Waals surface area contributed by atoms with Gasteiger partial charge in [0.1, 0.15) is 11.5 Å². The summed E-state index contributed by atoms with van der Waals surface area (Å²) in [6, 6.07) is 10.5. The van der Waals surface area contributed by atoms with Crippen LogP contribution >= 0.6 is 0 Å². The van der Waals surface area contributed by atoms with Crippen LogP contribution in [0.15, 0.2) is 30.3 Å². The molecule has 2 heterocycles. The molecular weight excluding hydrogens is 380 g/mol. The smallest absolute Gasteiger partial charge is 0.126 e. The standard InChI is InChI=1S/C25H32O5/c1-3-28-20-8-6-17(7-9-20)11-18-12-23(22-5-4-10-29-25(22)16(18)2)24-14-19(27)13-21(15-26)30-24/h6-9,12,19,21,24,26-27H,3-5,10-11,13-15H2,1-2H3. The molecular formula is C25H32O5. The first-order valence-corrected chi connectivity index (χ1v) is 11.0. The van der Waals surface area contributed by atoms with Crippen LogP contribution in [0, 0.1) is 6.92 Å². The molecule has 162 valence electrons. The second kappa shape index (κ2) is 9.38. The fourth-order valence-corrected chi connectivity index (χ4v) is 4.63. The number of hydrogen-bond donors (Lipinski definition) is 2. The molecule has 0 spiro atoms. The number of hydrogen-bond acceptors (Lipinski definition) is 5. The lowest BCUT2D eigenvalue weighted by atomic mass is 9.86. The van der Waals surface area contributed by atoms with Gasteiger partial charge in [0.25, 0.3) is 0 Å². The largest absolute Gasteiger partial charge is 0.494 e. The number of aliphatic hydroxyl groups excluding tert-OH is 2. The van der Waals surface area contributed by atoms with E-state index in [0.717, 1.165) is 42.9 Å². The van der Waals surface area contributed by atoms with Crippen molar-refractivity contribution >= 4 is 0 Å². The van der Waals surface area contributed by atoms with Gasteiger partial charge >= 0.3 is 0 Å². The van der Waals surface area contributed by atoms with Gasteiger partial charge in [-0.15, -0.1) is 0 Å². The molecule has 0 aliphatic carbocycles. The highest BCUT2D eigenvalue weighted by atomic mass is 16.5. The highest BCUT2D eigenvalue weighted by molar-refractivity contribution is 5.53. The van der Waals surface area contributed by atoms with E-state index in [9.17, 15) is 10.2 Å². The molecule has 2 aliphatic rings. The molecule has 3 atom stereocenters. The first-order valence-electron chi connectivity index (χ1n) is 11.0. The minimum atomic E-state index is -0.461. The van der Waals surface area contributed by atoms with Crippen LogP contribution in [-0.4, -0.2) is 42.2 Å². The SMILES string of the molecule is CCOc1ccc(Cc2cc(C3CC(O)CC(CO)O3)c3c(c2C)OCCC3)cc1. The van der Waals surface area contributed by atoms with Crippen molar-refractivity contribution in [1.29, 1.82) is 0 Å². The highest BCUT2D eigenvalue weighted by Gasteiger charge is 2.32. The predicted molar refractivity (Wildman–Crippen MR) is 115 cm³/mol. The van der Waals surface area contributed by atoms with E-state index in [2.05, 4.69) is 25.1 Å². The molecule has 0 amide bonds. The Hall–Kier alpha value is -2.08.